The lowest BCUT2D eigenvalue weighted by atomic mass is 9.72. The van der Waals surface area contributed by atoms with Crippen LogP contribution in [0.15, 0.2) is 24.5 Å². The molecule has 1 aliphatic carbocycles. The zero-order valence-corrected chi connectivity index (χ0v) is 18.2. The molecule has 5 rings (SSSR count). The summed E-state index contributed by atoms with van der Waals surface area (Å²) in [5.74, 6) is 1.23. The number of nitrogens with zero attached hydrogens (tertiary/aromatic N) is 2. The van der Waals surface area contributed by atoms with Gasteiger partial charge in [-0.3, -0.25) is 4.79 Å². The number of carbonyl (C=O) groups is 1. The zero-order valence-electron chi connectivity index (χ0n) is 18.2. The summed E-state index contributed by atoms with van der Waals surface area (Å²) in [6.45, 7) is 9.22. The number of ketones is 1. The van der Waals surface area contributed by atoms with E-state index in [9.17, 15) is 9.90 Å². The predicted molar refractivity (Wildman–Crippen MR) is 116 cm³/mol. The number of allylic oxidation sites excluding steroid dienone is 1. The van der Waals surface area contributed by atoms with Gasteiger partial charge in [0.1, 0.15) is 19.3 Å². The van der Waals surface area contributed by atoms with Crippen LogP contribution in [0.3, 0.4) is 0 Å². The second-order valence-corrected chi connectivity index (χ2v) is 9.00. The number of aliphatic hydroxyl groups is 1. The number of benzene rings is 1. The first-order valence-electron chi connectivity index (χ1n) is 11.6. The number of piperazine rings is 1. The lowest BCUT2D eigenvalue weighted by Gasteiger charge is -2.45. The number of fused-ring (bicyclic) bond motifs is 2. The standard InChI is InChI=1S/C24H32N2O5/c1-2-25-7-9-26(10-8-25)14-18-20(27)5-4-17-23(28)19(15-31-24(17)18)16-3-6-21-22(13-16)30-12-11-29-21/h3,6,13,15,17-18,20,24,27H,2,4-5,7-12,14H2,1H3. The number of hydrogen-bond acceptors (Lipinski definition) is 7. The van der Waals surface area contributed by atoms with Crippen LogP contribution >= 0.6 is 0 Å². The first-order chi connectivity index (χ1) is 15.1. The van der Waals surface area contributed by atoms with Crippen molar-refractivity contribution >= 4 is 11.4 Å². The van der Waals surface area contributed by atoms with Crippen molar-refractivity contribution in [3.05, 3.63) is 30.0 Å². The van der Waals surface area contributed by atoms with Gasteiger partial charge in [-0.2, -0.15) is 0 Å². The molecule has 3 aliphatic heterocycles. The average Bonchev–Trinajstić information content (AvgIpc) is 2.81. The topological polar surface area (TPSA) is 71.5 Å². The van der Waals surface area contributed by atoms with E-state index in [1.165, 1.54) is 0 Å². The van der Waals surface area contributed by atoms with E-state index in [2.05, 4.69) is 16.7 Å². The summed E-state index contributed by atoms with van der Waals surface area (Å²) < 4.78 is 17.5. The fraction of sp³-hybridized carbons (Fsp3) is 0.625. The monoisotopic (exact) mass is 428 g/mol. The molecule has 31 heavy (non-hydrogen) atoms. The van der Waals surface area contributed by atoms with Crippen molar-refractivity contribution in [3.8, 4) is 11.5 Å². The molecule has 1 saturated carbocycles. The van der Waals surface area contributed by atoms with Crippen molar-refractivity contribution < 1.29 is 24.1 Å². The number of aliphatic hydroxyl groups excluding tert-OH is 1. The molecule has 4 atom stereocenters. The van der Waals surface area contributed by atoms with Gasteiger partial charge in [0.25, 0.3) is 0 Å². The first-order valence-corrected chi connectivity index (χ1v) is 11.6. The highest BCUT2D eigenvalue weighted by molar-refractivity contribution is 6.22. The van der Waals surface area contributed by atoms with Crippen LogP contribution in [0.4, 0.5) is 0 Å². The predicted octanol–water partition coefficient (Wildman–Crippen LogP) is 1.79. The molecule has 0 spiro atoms. The normalized spacial score (nSPS) is 31.5. The van der Waals surface area contributed by atoms with Crippen LogP contribution in [0.5, 0.6) is 11.5 Å². The number of carbonyl (C=O) groups excluding carboxylic acids is 1. The van der Waals surface area contributed by atoms with Gasteiger partial charge in [-0.15, -0.1) is 0 Å². The van der Waals surface area contributed by atoms with Crippen molar-refractivity contribution in [2.45, 2.75) is 32.0 Å². The average molecular weight is 429 g/mol. The molecule has 0 bridgehead atoms. The minimum absolute atomic E-state index is 0.0473. The van der Waals surface area contributed by atoms with Gasteiger partial charge in [0.2, 0.25) is 0 Å². The van der Waals surface area contributed by atoms with Gasteiger partial charge in [-0.1, -0.05) is 13.0 Å². The minimum atomic E-state index is -0.428. The molecule has 4 unspecified atom stereocenters. The third kappa shape index (κ3) is 4.06. The molecular weight excluding hydrogens is 396 g/mol. The van der Waals surface area contributed by atoms with E-state index in [0.29, 0.717) is 43.1 Å². The quantitative estimate of drug-likeness (QED) is 0.784. The summed E-state index contributed by atoms with van der Waals surface area (Å²) >= 11 is 0. The third-order valence-corrected chi connectivity index (χ3v) is 7.27. The highest BCUT2D eigenvalue weighted by Gasteiger charge is 2.46. The van der Waals surface area contributed by atoms with E-state index in [1.807, 2.05) is 18.2 Å². The molecule has 0 amide bonds. The van der Waals surface area contributed by atoms with E-state index in [0.717, 1.165) is 44.8 Å². The van der Waals surface area contributed by atoms with Crippen LogP contribution in [0.25, 0.3) is 5.57 Å². The van der Waals surface area contributed by atoms with Crippen LogP contribution in [0.1, 0.15) is 25.3 Å². The van der Waals surface area contributed by atoms with Crippen LogP contribution < -0.4 is 9.47 Å². The molecular formula is C24H32N2O5. The largest absolute Gasteiger partial charge is 0.496 e. The second kappa shape index (κ2) is 8.81. The van der Waals surface area contributed by atoms with Crippen LogP contribution in [-0.4, -0.2) is 85.4 Å². The van der Waals surface area contributed by atoms with E-state index >= 15 is 0 Å². The molecule has 1 N–H and O–H groups in total. The zero-order chi connectivity index (χ0) is 21.4. The number of hydrogen-bond donors (Lipinski definition) is 1. The lowest BCUT2D eigenvalue weighted by Crippen LogP contribution is -2.54. The van der Waals surface area contributed by atoms with E-state index < -0.39 is 6.10 Å². The van der Waals surface area contributed by atoms with Crippen LogP contribution in [0, 0.1) is 11.8 Å². The highest BCUT2D eigenvalue weighted by atomic mass is 16.6. The highest BCUT2D eigenvalue weighted by Crippen LogP contribution is 2.41. The SMILES string of the molecule is CCN1CCN(CC2C(O)CCC3C(=O)C(c4ccc5c(c4)OCCO5)=COC32)CC1. The van der Waals surface area contributed by atoms with Crippen molar-refractivity contribution in [2.75, 3.05) is 52.5 Å². The molecule has 1 saturated heterocycles. The van der Waals surface area contributed by atoms with Gasteiger partial charge in [0, 0.05) is 38.6 Å². The molecule has 0 aromatic heterocycles. The summed E-state index contributed by atoms with van der Waals surface area (Å²) in [5.41, 5.74) is 1.39. The van der Waals surface area contributed by atoms with Gasteiger partial charge in [-0.25, -0.2) is 0 Å². The molecule has 0 radical (unpaired) electrons. The Bertz CT molecular complexity index is 848. The Labute approximate surface area is 183 Å². The number of rotatable bonds is 4. The fourth-order valence-electron chi connectivity index (χ4n) is 5.36. The Hall–Kier alpha value is -2.09. The van der Waals surface area contributed by atoms with Crippen LogP contribution in [-0.2, 0) is 9.53 Å². The van der Waals surface area contributed by atoms with E-state index in [-0.39, 0.29) is 23.7 Å². The van der Waals surface area contributed by atoms with Crippen molar-refractivity contribution in [3.63, 3.8) is 0 Å². The molecule has 2 fully saturated rings. The number of likely N-dealkylation sites (N-methyl/N-ethyl adjacent to an activating group) is 1. The van der Waals surface area contributed by atoms with E-state index in [4.69, 9.17) is 14.2 Å². The van der Waals surface area contributed by atoms with Crippen molar-refractivity contribution in [1.82, 2.24) is 9.80 Å². The molecule has 4 aliphatic rings. The summed E-state index contributed by atoms with van der Waals surface area (Å²) in [6, 6.07) is 5.61. The number of ether oxygens (including phenoxy) is 3. The van der Waals surface area contributed by atoms with Crippen LogP contribution in [0.2, 0.25) is 0 Å². The summed E-state index contributed by atoms with van der Waals surface area (Å²) in [7, 11) is 0. The maximum atomic E-state index is 13.4. The molecule has 168 valence electrons. The van der Waals surface area contributed by atoms with Gasteiger partial charge in [-0.05, 0) is 37.1 Å². The van der Waals surface area contributed by atoms with Gasteiger partial charge < -0.3 is 29.1 Å². The fourth-order valence-corrected chi connectivity index (χ4v) is 5.36. The Morgan fingerprint density at radius 2 is 1.77 bits per heavy atom. The van der Waals surface area contributed by atoms with E-state index in [1.54, 1.807) is 6.26 Å². The summed E-state index contributed by atoms with van der Waals surface area (Å²) in [4.78, 5) is 18.3. The maximum absolute atomic E-state index is 13.4. The van der Waals surface area contributed by atoms with Gasteiger partial charge in [0.15, 0.2) is 17.3 Å². The molecule has 7 heteroatoms. The lowest BCUT2D eigenvalue weighted by molar-refractivity contribution is -0.133. The first kappa shape index (κ1) is 20.8. The Morgan fingerprint density at radius 3 is 2.55 bits per heavy atom. The van der Waals surface area contributed by atoms with Crippen molar-refractivity contribution in [2.24, 2.45) is 11.8 Å². The summed E-state index contributed by atoms with van der Waals surface area (Å²) in [6.07, 6.45) is 2.22. The molecule has 1 aromatic rings. The Balaban J connectivity index is 1.32. The maximum Gasteiger partial charge on any atom is 0.173 e. The Kier molecular flexibility index (Phi) is 5.91. The minimum Gasteiger partial charge on any atom is -0.496 e. The Morgan fingerprint density at radius 1 is 1.03 bits per heavy atom. The number of Topliss-reactive ketones (excluding diaryl/α,β-unsaturated/α-hetero) is 1. The second-order valence-electron chi connectivity index (χ2n) is 9.00. The molecule has 3 heterocycles. The van der Waals surface area contributed by atoms with Gasteiger partial charge in [0.05, 0.1) is 23.9 Å². The third-order valence-electron chi connectivity index (χ3n) is 7.27. The summed E-state index contributed by atoms with van der Waals surface area (Å²) in [5, 5.41) is 10.8. The molecule has 7 nitrogen and oxygen atoms in total. The smallest absolute Gasteiger partial charge is 0.173 e. The van der Waals surface area contributed by atoms with Gasteiger partial charge >= 0.3 is 0 Å². The molecule has 1 aromatic carbocycles. The van der Waals surface area contributed by atoms with Crippen molar-refractivity contribution in [1.29, 1.82) is 0 Å².